The quantitative estimate of drug-likeness (QED) is 0.395. The van der Waals surface area contributed by atoms with E-state index >= 15 is 0 Å². The van der Waals surface area contributed by atoms with Gasteiger partial charge in [-0.25, -0.2) is 9.97 Å². The van der Waals surface area contributed by atoms with Gasteiger partial charge < -0.3 is 0 Å². The molecule has 3 aromatic rings. The van der Waals surface area contributed by atoms with E-state index in [2.05, 4.69) is 72.5 Å². The fraction of sp³-hybridized carbons (Fsp3) is 0.458. The minimum absolute atomic E-state index is 0.357. The molecule has 4 rings (SSSR count). The Bertz CT molecular complexity index is 1050. The number of hydrogen-bond acceptors (Lipinski definition) is 5. The van der Waals surface area contributed by atoms with Crippen LogP contribution in [-0.2, 0) is 12.8 Å². The van der Waals surface area contributed by atoms with Gasteiger partial charge in [-0.2, -0.15) is 5.10 Å². The SMILES string of the molecule is CCC(C)(C)[C@@H]1CCc2sc3ncnc(N/N=C(/C)c4ccc(C)cc4)c3c2C1. The molecule has 0 bridgehead atoms. The number of nitrogens with zero attached hydrogens (tertiary/aromatic N) is 3. The van der Waals surface area contributed by atoms with Crippen molar-refractivity contribution >= 4 is 33.1 Å². The predicted octanol–water partition coefficient (Wildman–Crippen LogP) is 6.38. The number of rotatable bonds is 5. The molecular weight excluding hydrogens is 376 g/mol. The van der Waals surface area contributed by atoms with Crippen LogP contribution in [0.2, 0.25) is 0 Å². The first-order valence-electron chi connectivity index (χ1n) is 10.5. The average Bonchev–Trinajstić information content (AvgIpc) is 3.11. The van der Waals surface area contributed by atoms with Crippen molar-refractivity contribution in [3.05, 3.63) is 52.2 Å². The fourth-order valence-electron chi connectivity index (χ4n) is 4.14. The Balaban J connectivity index is 1.67. The summed E-state index contributed by atoms with van der Waals surface area (Å²) in [5.74, 6) is 1.53. The molecule has 152 valence electrons. The highest BCUT2D eigenvalue weighted by Crippen LogP contribution is 2.45. The van der Waals surface area contributed by atoms with E-state index in [1.54, 1.807) is 6.33 Å². The molecule has 2 heterocycles. The van der Waals surface area contributed by atoms with E-state index in [0.29, 0.717) is 11.3 Å². The van der Waals surface area contributed by atoms with Gasteiger partial charge in [-0.05, 0) is 55.6 Å². The summed E-state index contributed by atoms with van der Waals surface area (Å²) in [5.41, 5.74) is 8.36. The summed E-state index contributed by atoms with van der Waals surface area (Å²) in [6, 6.07) is 8.44. The molecule has 4 nitrogen and oxygen atoms in total. The fourth-order valence-corrected chi connectivity index (χ4v) is 5.33. The number of thiophene rings is 1. The first kappa shape index (κ1) is 20.0. The molecule has 1 aromatic carbocycles. The molecule has 2 aromatic heterocycles. The van der Waals surface area contributed by atoms with Crippen molar-refractivity contribution in [2.24, 2.45) is 16.4 Å². The summed E-state index contributed by atoms with van der Waals surface area (Å²) in [5, 5.41) is 5.81. The molecule has 0 radical (unpaired) electrons. The number of aromatic nitrogens is 2. The van der Waals surface area contributed by atoms with Crippen LogP contribution in [0.25, 0.3) is 10.2 Å². The van der Waals surface area contributed by atoms with E-state index in [9.17, 15) is 0 Å². The Morgan fingerprint density at radius 2 is 2.00 bits per heavy atom. The van der Waals surface area contributed by atoms with E-state index in [1.165, 1.54) is 34.2 Å². The Kier molecular flexibility index (Phi) is 5.43. The summed E-state index contributed by atoms with van der Waals surface area (Å²) in [6.07, 6.45) is 6.38. The van der Waals surface area contributed by atoms with Crippen molar-refractivity contribution in [3.63, 3.8) is 0 Å². The molecule has 1 aliphatic rings. The maximum atomic E-state index is 4.64. The van der Waals surface area contributed by atoms with Crippen LogP contribution >= 0.6 is 11.3 Å². The third kappa shape index (κ3) is 3.93. The summed E-state index contributed by atoms with van der Waals surface area (Å²) < 4.78 is 0. The second-order valence-corrected chi connectivity index (χ2v) is 9.95. The van der Waals surface area contributed by atoms with Gasteiger partial charge in [0, 0.05) is 4.88 Å². The molecule has 5 heteroatoms. The van der Waals surface area contributed by atoms with Crippen molar-refractivity contribution in [3.8, 4) is 0 Å². The molecule has 0 saturated heterocycles. The largest absolute Gasteiger partial charge is 0.260 e. The first-order valence-corrected chi connectivity index (χ1v) is 11.3. The van der Waals surface area contributed by atoms with Gasteiger partial charge >= 0.3 is 0 Å². The highest BCUT2D eigenvalue weighted by Gasteiger charge is 2.33. The van der Waals surface area contributed by atoms with Crippen LogP contribution in [0.5, 0.6) is 0 Å². The number of nitrogens with one attached hydrogen (secondary N) is 1. The molecule has 0 amide bonds. The zero-order valence-corrected chi connectivity index (χ0v) is 18.9. The average molecular weight is 407 g/mol. The monoisotopic (exact) mass is 406 g/mol. The zero-order valence-electron chi connectivity index (χ0n) is 18.0. The number of hydrazone groups is 1. The number of benzene rings is 1. The van der Waals surface area contributed by atoms with Crippen LogP contribution in [0, 0.1) is 18.3 Å². The highest BCUT2D eigenvalue weighted by molar-refractivity contribution is 7.19. The van der Waals surface area contributed by atoms with E-state index in [-0.39, 0.29) is 0 Å². The Hall–Kier alpha value is -2.27. The Morgan fingerprint density at radius 1 is 1.24 bits per heavy atom. The third-order valence-electron chi connectivity index (χ3n) is 6.66. The Labute approximate surface area is 177 Å². The summed E-state index contributed by atoms with van der Waals surface area (Å²) in [4.78, 5) is 11.7. The molecular formula is C24H30N4S. The second kappa shape index (κ2) is 7.86. The van der Waals surface area contributed by atoms with Crippen molar-refractivity contribution < 1.29 is 0 Å². The number of anilines is 1. The molecule has 0 fully saturated rings. The van der Waals surface area contributed by atoms with Gasteiger partial charge in [0.15, 0.2) is 5.82 Å². The lowest BCUT2D eigenvalue weighted by Crippen LogP contribution is -2.28. The lowest BCUT2D eigenvalue weighted by molar-refractivity contribution is 0.184. The van der Waals surface area contributed by atoms with Crippen LogP contribution in [0.1, 0.15) is 62.1 Å². The van der Waals surface area contributed by atoms with E-state index in [1.807, 2.05) is 18.3 Å². The van der Waals surface area contributed by atoms with Crippen LogP contribution in [-0.4, -0.2) is 15.7 Å². The first-order chi connectivity index (χ1) is 13.9. The Morgan fingerprint density at radius 3 is 2.72 bits per heavy atom. The maximum absolute atomic E-state index is 4.64. The normalized spacial score (nSPS) is 17.4. The van der Waals surface area contributed by atoms with Crippen LogP contribution in [0.4, 0.5) is 5.82 Å². The zero-order chi connectivity index (χ0) is 20.6. The van der Waals surface area contributed by atoms with Crippen molar-refractivity contribution in [1.82, 2.24) is 9.97 Å². The van der Waals surface area contributed by atoms with Crippen LogP contribution in [0.3, 0.4) is 0 Å². The van der Waals surface area contributed by atoms with Gasteiger partial charge in [0.05, 0.1) is 11.1 Å². The summed E-state index contributed by atoms with van der Waals surface area (Å²) in [7, 11) is 0. The standard InChI is InChI=1S/C24H30N4S/c1-6-24(4,5)18-11-12-20-19(13-18)21-22(25-14-26-23(21)29-20)28-27-16(3)17-9-7-15(2)8-10-17/h7-10,14,18H,6,11-13H2,1-5H3,(H,25,26,28)/b27-16-/t18-/m1/s1. The van der Waals surface area contributed by atoms with Gasteiger partial charge in [-0.3, -0.25) is 5.43 Å². The van der Waals surface area contributed by atoms with E-state index in [0.717, 1.165) is 34.8 Å². The third-order valence-corrected chi connectivity index (χ3v) is 7.86. The lowest BCUT2D eigenvalue weighted by atomic mass is 9.69. The van der Waals surface area contributed by atoms with Gasteiger partial charge in [-0.1, -0.05) is 57.0 Å². The van der Waals surface area contributed by atoms with Crippen molar-refractivity contribution in [2.75, 3.05) is 5.43 Å². The number of aryl methyl sites for hydroxylation is 2. The molecule has 0 unspecified atom stereocenters. The van der Waals surface area contributed by atoms with Gasteiger partial charge in [0.1, 0.15) is 11.2 Å². The van der Waals surface area contributed by atoms with Crippen LogP contribution < -0.4 is 5.43 Å². The van der Waals surface area contributed by atoms with Crippen molar-refractivity contribution in [2.45, 2.75) is 60.3 Å². The molecule has 0 saturated carbocycles. The van der Waals surface area contributed by atoms with Gasteiger partial charge in [0.25, 0.3) is 0 Å². The smallest absolute Gasteiger partial charge is 0.158 e. The van der Waals surface area contributed by atoms with Gasteiger partial charge in [0.2, 0.25) is 0 Å². The molecule has 0 aliphatic heterocycles. The maximum Gasteiger partial charge on any atom is 0.158 e. The summed E-state index contributed by atoms with van der Waals surface area (Å²) in [6.45, 7) is 11.2. The topological polar surface area (TPSA) is 50.2 Å². The molecule has 1 aliphatic carbocycles. The minimum Gasteiger partial charge on any atom is -0.260 e. The second-order valence-electron chi connectivity index (χ2n) is 8.86. The van der Waals surface area contributed by atoms with E-state index in [4.69, 9.17) is 0 Å². The predicted molar refractivity (Wildman–Crippen MR) is 124 cm³/mol. The van der Waals surface area contributed by atoms with E-state index < -0.39 is 0 Å². The lowest BCUT2D eigenvalue weighted by Gasteiger charge is -2.36. The molecule has 29 heavy (non-hydrogen) atoms. The minimum atomic E-state index is 0.357. The summed E-state index contributed by atoms with van der Waals surface area (Å²) >= 11 is 1.83. The molecule has 1 N–H and O–H groups in total. The number of hydrogen-bond donors (Lipinski definition) is 1. The van der Waals surface area contributed by atoms with Crippen molar-refractivity contribution in [1.29, 1.82) is 0 Å². The van der Waals surface area contributed by atoms with Gasteiger partial charge in [-0.15, -0.1) is 11.3 Å². The van der Waals surface area contributed by atoms with Crippen LogP contribution in [0.15, 0.2) is 35.7 Å². The number of fused-ring (bicyclic) bond motifs is 3. The highest BCUT2D eigenvalue weighted by atomic mass is 32.1. The molecule has 0 spiro atoms. The molecule has 1 atom stereocenters.